The lowest BCUT2D eigenvalue weighted by molar-refractivity contribution is -0.133. The van der Waals surface area contributed by atoms with Gasteiger partial charge in [-0.1, -0.05) is 6.42 Å². The first-order chi connectivity index (χ1) is 7.20. The van der Waals surface area contributed by atoms with Crippen LogP contribution in [0.25, 0.3) is 0 Å². The van der Waals surface area contributed by atoms with Crippen molar-refractivity contribution in [1.82, 2.24) is 4.90 Å². The number of amides is 1. The molecule has 0 aromatic rings. The van der Waals surface area contributed by atoms with Crippen LogP contribution >= 0.6 is 0 Å². The molecule has 4 nitrogen and oxygen atoms in total. The molecule has 1 aliphatic carbocycles. The van der Waals surface area contributed by atoms with Crippen molar-refractivity contribution in [3.8, 4) is 0 Å². The summed E-state index contributed by atoms with van der Waals surface area (Å²) >= 11 is 0. The van der Waals surface area contributed by atoms with Gasteiger partial charge in [-0.3, -0.25) is 4.79 Å². The average molecular weight is 212 g/mol. The second-order valence-electron chi connectivity index (χ2n) is 4.72. The molecule has 86 valence electrons. The standard InChI is InChI=1S/C11H20N2O2/c12-10(8-4-3-5-9(8)14)11(15)13-6-1-2-7-13/h8-10,14H,1-7,12H2/t8-,9+,10+/m0/s1. The Balaban J connectivity index is 1.94. The molecule has 2 rings (SSSR count). The van der Waals surface area contributed by atoms with Crippen LogP contribution in [0.15, 0.2) is 0 Å². The first kappa shape index (κ1) is 10.9. The van der Waals surface area contributed by atoms with Crippen LogP contribution in [-0.4, -0.2) is 41.1 Å². The molecule has 1 saturated heterocycles. The lowest BCUT2D eigenvalue weighted by atomic mass is 9.96. The number of hydrogen-bond acceptors (Lipinski definition) is 3. The van der Waals surface area contributed by atoms with Crippen LogP contribution < -0.4 is 5.73 Å². The van der Waals surface area contributed by atoms with Crippen molar-refractivity contribution in [2.24, 2.45) is 11.7 Å². The van der Waals surface area contributed by atoms with E-state index in [9.17, 15) is 9.90 Å². The van der Waals surface area contributed by atoms with Crippen molar-refractivity contribution in [2.45, 2.75) is 44.2 Å². The normalized spacial score (nSPS) is 33.3. The van der Waals surface area contributed by atoms with Gasteiger partial charge in [-0.2, -0.15) is 0 Å². The zero-order valence-electron chi connectivity index (χ0n) is 9.06. The predicted molar refractivity (Wildman–Crippen MR) is 57.1 cm³/mol. The molecule has 3 N–H and O–H groups in total. The molecule has 4 heteroatoms. The molecule has 2 fully saturated rings. The fourth-order valence-electron chi connectivity index (χ4n) is 2.72. The van der Waals surface area contributed by atoms with E-state index in [1.165, 1.54) is 0 Å². The number of likely N-dealkylation sites (tertiary alicyclic amines) is 1. The van der Waals surface area contributed by atoms with Crippen molar-refractivity contribution in [1.29, 1.82) is 0 Å². The highest BCUT2D eigenvalue weighted by molar-refractivity contribution is 5.82. The molecule has 2 aliphatic rings. The van der Waals surface area contributed by atoms with Gasteiger partial charge in [0.15, 0.2) is 0 Å². The largest absolute Gasteiger partial charge is 0.393 e. The van der Waals surface area contributed by atoms with E-state index >= 15 is 0 Å². The van der Waals surface area contributed by atoms with Gasteiger partial charge in [-0.15, -0.1) is 0 Å². The molecule has 1 amide bonds. The lowest BCUT2D eigenvalue weighted by Gasteiger charge is -2.26. The molecule has 1 aliphatic heterocycles. The summed E-state index contributed by atoms with van der Waals surface area (Å²) in [5, 5.41) is 9.70. The van der Waals surface area contributed by atoms with Crippen LogP contribution in [0.5, 0.6) is 0 Å². The summed E-state index contributed by atoms with van der Waals surface area (Å²) in [6.45, 7) is 1.69. The summed E-state index contributed by atoms with van der Waals surface area (Å²) in [5.74, 6) is 0.0246. The molecule has 0 unspecified atom stereocenters. The van der Waals surface area contributed by atoms with Crippen molar-refractivity contribution in [3.05, 3.63) is 0 Å². The maximum absolute atomic E-state index is 12.0. The molecule has 0 aromatic heterocycles. The van der Waals surface area contributed by atoms with Gasteiger partial charge in [-0.25, -0.2) is 0 Å². The average Bonchev–Trinajstić information content (AvgIpc) is 2.85. The zero-order valence-corrected chi connectivity index (χ0v) is 9.06. The van der Waals surface area contributed by atoms with Crippen molar-refractivity contribution in [2.75, 3.05) is 13.1 Å². The molecule has 15 heavy (non-hydrogen) atoms. The molecule has 0 bridgehead atoms. The quantitative estimate of drug-likeness (QED) is 0.682. The van der Waals surface area contributed by atoms with E-state index in [1.807, 2.05) is 4.90 Å². The van der Waals surface area contributed by atoms with Gasteiger partial charge in [-0.05, 0) is 25.7 Å². The minimum Gasteiger partial charge on any atom is -0.393 e. The van der Waals surface area contributed by atoms with E-state index in [-0.39, 0.29) is 17.9 Å². The Morgan fingerprint density at radius 3 is 2.47 bits per heavy atom. The molecule has 1 heterocycles. The second-order valence-corrected chi connectivity index (χ2v) is 4.72. The predicted octanol–water partition coefficient (Wildman–Crippen LogP) is 0.0971. The number of carbonyl (C=O) groups is 1. The van der Waals surface area contributed by atoms with Gasteiger partial charge in [0, 0.05) is 19.0 Å². The molecule has 0 spiro atoms. The molecule has 0 aromatic carbocycles. The highest BCUT2D eigenvalue weighted by atomic mass is 16.3. The van der Waals surface area contributed by atoms with Crippen molar-refractivity contribution >= 4 is 5.91 Å². The number of aliphatic hydroxyl groups excluding tert-OH is 1. The molecule has 0 radical (unpaired) electrons. The second kappa shape index (κ2) is 4.49. The molecular formula is C11H20N2O2. The van der Waals surface area contributed by atoms with E-state index in [2.05, 4.69) is 0 Å². The van der Waals surface area contributed by atoms with Gasteiger partial charge < -0.3 is 15.7 Å². The van der Waals surface area contributed by atoms with E-state index < -0.39 is 6.04 Å². The zero-order chi connectivity index (χ0) is 10.8. The fourth-order valence-corrected chi connectivity index (χ4v) is 2.72. The summed E-state index contributed by atoms with van der Waals surface area (Å²) in [7, 11) is 0. The summed E-state index contributed by atoms with van der Waals surface area (Å²) in [5.41, 5.74) is 5.94. The number of rotatable bonds is 2. The number of aliphatic hydroxyl groups is 1. The van der Waals surface area contributed by atoms with Crippen LogP contribution in [0.3, 0.4) is 0 Å². The minimum atomic E-state index is -0.486. The van der Waals surface area contributed by atoms with Crippen LogP contribution in [0.1, 0.15) is 32.1 Å². The van der Waals surface area contributed by atoms with Crippen LogP contribution in [-0.2, 0) is 4.79 Å². The summed E-state index contributed by atoms with van der Waals surface area (Å²) in [6.07, 6.45) is 4.49. The maximum Gasteiger partial charge on any atom is 0.239 e. The summed E-state index contributed by atoms with van der Waals surface area (Å²) < 4.78 is 0. The summed E-state index contributed by atoms with van der Waals surface area (Å²) in [6, 6.07) is -0.486. The Morgan fingerprint density at radius 2 is 1.93 bits per heavy atom. The Morgan fingerprint density at radius 1 is 1.27 bits per heavy atom. The smallest absolute Gasteiger partial charge is 0.239 e. The third-order valence-electron chi connectivity index (χ3n) is 3.70. The number of carbonyl (C=O) groups excluding carboxylic acids is 1. The Labute approximate surface area is 90.4 Å². The fraction of sp³-hybridized carbons (Fsp3) is 0.909. The monoisotopic (exact) mass is 212 g/mol. The highest BCUT2D eigenvalue weighted by Gasteiger charge is 2.36. The highest BCUT2D eigenvalue weighted by Crippen LogP contribution is 2.28. The summed E-state index contributed by atoms with van der Waals surface area (Å²) in [4.78, 5) is 13.8. The van der Waals surface area contributed by atoms with Crippen molar-refractivity contribution in [3.63, 3.8) is 0 Å². The van der Waals surface area contributed by atoms with Gasteiger partial charge in [0.05, 0.1) is 12.1 Å². The third kappa shape index (κ3) is 2.16. The molecule has 3 atom stereocenters. The molecule has 1 saturated carbocycles. The SMILES string of the molecule is N[C@@H](C(=O)N1CCCC1)[C@H]1CCC[C@H]1O. The first-order valence-corrected chi connectivity index (χ1v) is 5.92. The van der Waals surface area contributed by atoms with Gasteiger partial charge >= 0.3 is 0 Å². The van der Waals surface area contributed by atoms with E-state index in [0.717, 1.165) is 45.2 Å². The Kier molecular flexibility index (Phi) is 3.26. The van der Waals surface area contributed by atoms with Crippen molar-refractivity contribution < 1.29 is 9.90 Å². The van der Waals surface area contributed by atoms with Gasteiger partial charge in [0.1, 0.15) is 0 Å². The van der Waals surface area contributed by atoms with E-state index in [4.69, 9.17) is 5.73 Å². The van der Waals surface area contributed by atoms with E-state index in [0.29, 0.717) is 0 Å². The maximum atomic E-state index is 12.0. The van der Waals surface area contributed by atoms with Gasteiger partial charge in [0.25, 0.3) is 0 Å². The molecular weight excluding hydrogens is 192 g/mol. The van der Waals surface area contributed by atoms with Crippen LogP contribution in [0, 0.1) is 5.92 Å². The van der Waals surface area contributed by atoms with E-state index in [1.54, 1.807) is 0 Å². The number of hydrogen-bond donors (Lipinski definition) is 2. The third-order valence-corrected chi connectivity index (χ3v) is 3.70. The Bertz CT molecular complexity index is 239. The minimum absolute atomic E-state index is 0.0156. The topological polar surface area (TPSA) is 66.6 Å². The number of nitrogens with two attached hydrogens (primary N) is 1. The Hall–Kier alpha value is -0.610. The van der Waals surface area contributed by atoms with Crippen LogP contribution in [0.4, 0.5) is 0 Å². The lowest BCUT2D eigenvalue weighted by Crippen LogP contribution is -2.48. The number of nitrogens with zero attached hydrogens (tertiary/aromatic N) is 1. The van der Waals surface area contributed by atoms with Gasteiger partial charge in [0.2, 0.25) is 5.91 Å². The van der Waals surface area contributed by atoms with Crippen LogP contribution in [0.2, 0.25) is 0 Å². The first-order valence-electron chi connectivity index (χ1n) is 5.92.